The normalized spacial score (nSPS) is 15.9. The highest BCUT2D eigenvalue weighted by Gasteiger charge is 2.37. The fourth-order valence-electron chi connectivity index (χ4n) is 2.56. The third-order valence-corrected chi connectivity index (χ3v) is 3.72. The predicted molar refractivity (Wildman–Crippen MR) is 80.8 cm³/mol. The lowest BCUT2D eigenvalue weighted by atomic mass is 9.86. The van der Waals surface area contributed by atoms with Crippen LogP contribution in [0.4, 0.5) is 17.1 Å². The lowest BCUT2D eigenvalue weighted by Crippen LogP contribution is -2.31. The van der Waals surface area contributed by atoms with Gasteiger partial charge in [-0.15, -0.1) is 0 Å². The van der Waals surface area contributed by atoms with Crippen LogP contribution < -0.4 is 16.0 Å². The molecule has 1 aliphatic heterocycles. The molecule has 1 heterocycles. The minimum Gasteiger partial charge on any atom is -0.397 e. The highest BCUT2D eigenvalue weighted by atomic mass is 16.2. The lowest BCUT2D eigenvalue weighted by Gasteiger charge is -2.19. The molecule has 20 heavy (non-hydrogen) atoms. The van der Waals surface area contributed by atoms with Gasteiger partial charge in [-0.1, -0.05) is 20.8 Å². The Morgan fingerprint density at radius 1 is 1.40 bits per heavy atom. The third-order valence-electron chi connectivity index (χ3n) is 3.72. The van der Waals surface area contributed by atoms with Crippen molar-refractivity contribution in [1.82, 2.24) is 0 Å². The molecule has 1 aromatic rings. The minimum atomic E-state index is -0.152. The van der Waals surface area contributed by atoms with Crippen molar-refractivity contribution in [3.05, 3.63) is 17.7 Å². The minimum absolute atomic E-state index is 0.00145. The largest absolute Gasteiger partial charge is 0.397 e. The maximum atomic E-state index is 11.7. The number of fused-ring (bicyclic) bond motifs is 1. The highest BCUT2D eigenvalue weighted by molar-refractivity contribution is 5.99. The molecule has 0 spiro atoms. The van der Waals surface area contributed by atoms with E-state index >= 15 is 0 Å². The van der Waals surface area contributed by atoms with Crippen LogP contribution in [0.3, 0.4) is 0 Å². The number of anilines is 3. The summed E-state index contributed by atoms with van der Waals surface area (Å²) in [5.41, 5.74) is 8.82. The molecular weight excluding hydrogens is 254 g/mol. The lowest BCUT2D eigenvalue weighted by molar-refractivity contribution is -0.117. The van der Waals surface area contributed by atoms with Gasteiger partial charge in [0, 0.05) is 31.0 Å². The molecule has 108 valence electrons. The average Bonchev–Trinajstić information content (AvgIpc) is 2.62. The first kappa shape index (κ1) is 14.4. The SMILES string of the molecule is CCC(=O)Nc1cc2c(cc1N)N(C(C)=O)CC2(C)C. The Hall–Kier alpha value is -2.04. The molecule has 0 saturated heterocycles. The van der Waals surface area contributed by atoms with Crippen LogP contribution in [-0.4, -0.2) is 18.4 Å². The molecule has 0 atom stereocenters. The van der Waals surface area contributed by atoms with Crippen molar-refractivity contribution in [3.8, 4) is 0 Å². The fourth-order valence-corrected chi connectivity index (χ4v) is 2.56. The van der Waals surface area contributed by atoms with Gasteiger partial charge in [0.1, 0.15) is 0 Å². The zero-order valence-corrected chi connectivity index (χ0v) is 12.4. The topological polar surface area (TPSA) is 75.4 Å². The smallest absolute Gasteiger partial charge is 0.224 e. The first-order chi connectivity index (χ1) is 9.26. The van der Waals surface area contributed by atoms with Crippen LogP contribution in [0.25, 0.3) is 0 Å². The molecule has 0 saturated carbocycles. The Morgan fingerprint density at radius 2 is 2.05 bits per heavy atom. The van der Waals surface area contributed by atoms with E-state index in [0.717, 1.165) is 11.3 Å². The zero-order valence-electron chi connectivity index (χ0n) is 12.4. The number of hydrogen-bond donors (Lipinski definition) is 2. The van der Waals surface area contributed by atoms with Crippen molar-refractivity contribution in [3.63, 3.8) is 0 Å². The summed E-state index contributed by atoms with van der Waals surface area (Å²) in [6, 6.07) is 3.66. The molecule has 2 rings (SSSR count). The second-order valence-corrected chi connectivity index (χ2v) is 5.85. The van der Waals surface area contributed by atoms with Gasteiger partial charge in [0.05, 0.1) is 11.4 Å². The molecule has 0 aliphatic carbocycles. The van der Waals surface area contributed by atoms with E-state index in [9.17, 15) is 9.59 Å². The Kier molecular flexibility index (Phi) is 3.46. The number of carbonyl (C=O) groups excluding carboxylic acids is 2. The Morgan fingerprint density at radius 3 is 2.60 bits per heavy atom. The van der Waals surface area contributed by atoms with Gasteiger partial charge in [0.25, 0.3) is 0 Å². The summed E-state index contributed by atoms with van der Waals surface area (Å²) in [5, 5.41) is 2.80. The van der Waals surface area contributed by atoms with Crippen LogP contribution in [0, 0.1) is 0 Å². The van der Waals surface area contributed by atoms with E-state index in [2.05, 4.69) is 19.2 Å². The van der Waals surface area contributed by atoms with Crippen LogP contribution in [-0.2, 0) is 15.0 Å². The van der Waals surface area contributed by atoms with Crippen molar-refractivity contribution < 1.29 is 9.59 Å². The number of rotatable bonds is 2. The Labute approximate surface area is 119 Å². The third kappa shape index (κ3) is 2.35. The molecule has 0 fully saturated rings. The van der Waals surface area contributed by atoms with E-state index in [1.54, 1.807) is 24.8 Å². The van der Waals surface area contributed by atoms with E-state index in [0.29, 0.717) is 24.3 Å². The van der Waals surface area contributed by atoms with Crippen molar-refractivity contribution >= 4 is 28.9 Å². The number of benzene rings is 1. The summed E-state index contributed by atoms with van der Waals surface area (Å²) in [6.45, 7) is 8.13. The quantitative estimate of drug-likeness (QED) is 0.813. The number of hydrogen-bond acceptors (Lipinski definition) is 3. The number of amides is 2. The first-order valence-corrected chi connectivity index (χ1v) is 6.78. The van der Waals surface area contributed by atoms with Crippen molar-refractivity contribution in [2.45, 2.75) is 39.5 Å². The molecule has 3 N–H and O–H groups in total. The Balaban J connectivity index is 2.50. The first-order valence-electron chi connectivity index (χ1n) is 6.78. The van der Waals surface area contributed by atoms with E-state index in [-0.39, 0.29) is 17.2 Å². The van der Waals surface area contributed by atoms with Crippen LogP contribution in [0.15, 0.2) is 12.1 Å². The van der Waals surface area contributed by atoms with Crippen LogP contribution >= 0.6 is 0 Å². The van der Waals surface area contributed by atoms with Crippen molar-refractivity contribution in [1.29, 1.82) is 0 Å². The number of nitrogens with zero attached hydrogens (tertiary/aromatic N) is 1. The second kappa shape index (κ2) is 4.81. The monoisotopic (exact) mass is 275 g/mol. The van der Waals surface area contributed by atoms with Crippen molar-refractivity contribution in [2.24, 2.45) is 0 Å². The summed E-state index contributed by atoms with van der Waals surface area (Å²) in [7, 11) is 0. The number of nitrogens with two attached hydrogens (primary N) is 1. The molecule has 0 radical (unpaired) electrons. The van der Waals surface area contributed by atoms with E-state index in [1.807, 2.05) is 6.07 Å². The van der Waals surface area contributed by atoms with Gasteiger partial charge >= 0.3 is 0 Å². The van der Waals surface area contributed by atoms with Crippen LogP contribution in [0.2, 0.25) is 0 Å². The summed E-state index contributed by atoms with van der Waals surface area (Å²) in [4.78, 5) is 25.0. The van der Waals surface area contributed by atoms with Gasteiger partial charge in [-0.2, -0.15) is 0 Å². The van der Waals surface area contributed by atoms with Gasteiger partial charge in [-0.3, -0.25) is 9.59 Å². The summed E-state index contributed by atoms with van der Waals surface area (Å²) >= 11 is 0. The summed E-state index contributed by atoms with van der Waals surface area (Å²) in [6.07, 6.45) is 0.402. The molecule has 5 nitrogen and oxygen atoms in total. The molecule has 5 heteroatoms. The van der Waals surface area contributed by atoms with Gasteiger partial charge in [-0.05, 0) is 17.7 Å². The number of carbonyl (C=O) groups is 2. The van der Waals surface area contributed by atoms with Gasteiger partial charge in [0.2, 0.25) is 11.8 Å². The van der Waals surface area contributed by atoms with E-state index in [1.165, 1.54) is 0 Å². The molecule has 2 amide bonds. The fraction of sp³-hybridized carbons (Fsp3) is 0.467. The van der Waals surface area contributed by atoms with E-state index < -0.39 is 0 Å². The summed E-state index contributed by atoms with van der Waals surface area (Å²) in [5.74, 6) is -0.0718. The standard InChI is InChI=1S/C15H21N3O2/c1-5-14(20)17-12-6-10-13(7-11(12)16)18(9(2)19)8-15(10,3)4/h6-7H,5,8,16H2,1-4H3,(H,17,20). The van der Waals surface area contributed by atoms with Crippen LogP contribution in [0.1, 0.15) is 39.7 Å². The summed E-state index contributed by atoms with van der Waals surface area (Å²) < 4.78 is 0. The molecule has 0 aromatic heterocycles. The average molecular weight is 275 g/mol. The van der Waals surface area contributed by atoms with Gasteiger partial charge < -0.3 is 16.0 Å². The predicted octanol–water partition coefficient (Wildman–Crippen LogP) is 2.26. The highest BCUT2D eigenvalue weighted by Crippen LogP contribution is 2.43. The molecule has 1 aromatic carbocycles. The van der Waals surface area contributed by atoms with Crippen molar-refractivity contribution in [2.75, 3.05) is 22.5 Å². The number of nitrogen functional groups attached to an aromatic ring is 1. The molecule has 1 aliphatic rings. The second-order valence-electron chi connectivity index (χ2n) is 5.85. The van der Waals surface area contributed by atoms with E-state index in [4.69, 9.17) is 5.73 Å². The maximum Gasteiger partial charge on any atom is 0.224 e. The molecular formula is C15H21N3O2. The number of nitrogens with one attached hydrogen (secondary N) is 1. The maximum absolute atomic E-state index is 11.7. The Bertz CT molecular complexity index is 579. The van der Waals surface area contributed by atoms with Gasteiger partial charge in [0.15, 0.2) is 0 Å². The molecule has 0 unspecified atom stereocenters. The zero-order chi connectivity index (χ0) is 15.1. The molecule has 0 bridgehead atoms. The van der Waals surface area contributed by atoms with Gasteiger partial charge in [-0.25, -0.2) is 0 Å². The van der Waals surface area contributed by atoms with Crippen LogP contribution in [0.5, 0.6) is 0 Å².